The third-order valence-electron chi connectivity index (χ3n) is 7.71. The number of carbonyl (C=O) groups is 3. The SMILES string of the molecule is CCOC(=O)C(F)Oc1ccc(C[C@H](NS(=O)(=O)c2ccccc2)C(=O)NCCCCc2ccccc2)cc1N(C)C(=O)OCc1ccccc1. The third-order valence-corrected chi connectivity index (χ3v) is 9.20. The Hall–Kier alpha value is -5.27. The van der Waals surface area contributed by atoms with Gasteiger partial charge >= 0.3 is 18.4 Å². The number of halogens is 1. The van der Waals surface area contributed by atoms with Gasteiger partial charge in [0.15, 0.2) is 0 Å². The summed E-state index contributed by atoms with van der Waals surface area (Å²) in [6, 6.07) is 29.5. The Bertz CT molecular complexity index is 1830. The van der Waals surface area contributed by atoms with Crippen molar-refractivity contribution in [3.63, 3.8) is 0 Å². The lowest BCUT2D eigenvalue weighted by molar-refractivity contribution is -0.159. The molecule has 11 nitrogen and oxygen atoms in total. The summed E-state index contributed by atoms with van der Waals surface area (Å²) in [5.74, 6) is -2.00. The molecule has 0 aliphatic carbocycles. The number of benzene rings is 4. The van der Waals surface area contributed by atoms with Crippen LogP contribution in [0.3, 0.4) is 0 Å². The number of anilines is 1. The van der Waals surface area contributed by atoms with Crippen LogP contribution in [0.4, 0.5) is 14.9 Å². The highest BCUT2D eigenvalue weighted by atomic mass is 32.2. The van der Waals surface area contributed by atoms with Crippen molar-refractivity contribution in [2.45, 2.75) is 56.5 Å². The number of nitrogens with zero attached hydrogens (tertiary/aromatic N) is 1. The summed E-state index contributed by atoms with van der Waals surface area (Å²) in [6.45, 7) is 1.71. The maximum atomic E-state index is 14.8. The van der Waals surface area contributed by atoms with E-state index in [0.717, 1.165) is 23.3 Å². The summed E-state index contributed by atoms with van der Waals surface area (Å²) in [4.78, 5) is 39.7. The molecule has 51 heavy (non-hydrogen) atoms. The summed E-state index contributed by atoms with van der Waals surface area (Å²) >= 11 is 0. The molecule has 4 aromatic carbocycles. The predicted molar refractivity (Wildman–Crippen MR) is 190 cm³/mol. The standard InChI is InChI=1S/C38H42FN3O8S/c1-3-48-37(44)35(39)50-34-23-22-30(26-33(34)42(2)38(45)49-27-29-18-9-5-10-19-29)25-32(41-51(46,47)31-20-11-6-12-21-31)36(43)40-24-14-13-17-28-15-7-4-8-16-28/h4-12,15-16,18-23,26,32,35,41H,3,13-14,17,24-25,27H2,1-2H3,(H,40,43)/t32-,35?/m0/s1. The number of sulfonamides is 1. The van der Waals surface area contributed by atoms with E-state index in [9.17, 15) is 27.2 Å². The summed E-state index contributed by atoms with van der Waals surface area (Å²) in [6.07, 6.45) is -1.17. The minimum absolute atomic E-state index is 0.00324. The largest absolute Gasteiger partial charge is 0.461 e. The average Bonchev–Trinajstić information content (AvgIpc) is 3.14. The summed E-state index contributed by atoms with van der Waals surface area (Å²) in [7, 11) is -2.76. The second kappa shape index (κ2) is 19.2. The number of nitrogens with one attached hydrogen (secondary N) is 2. The fourth-order valence-corrected chi connectivity index (χ4v) is 6.26. The lowest BCUT2D eigenvalue weighted by Gasteiger charge is -2.23. The first-order valence-electron chi connectivity index (χ1n) is 16.5. The Kier molecular flexibility index (Phi) is 14.5. The normalized spacial score (nSPS) is 12.3. The molecule has 2 amide bonds. The van der Waals surface area contributed by atoms with Crippen molar-refractivity contribution in [1.29, 1.82) is 0 Å². The predicted octanol–water partition coefficient (Wildman–Crippen LogP) is 5.73. The van der Waals surface area contributed by atoms with Gasteiger partial charge in [-0.15, -0.1) is 0 Å². The molecule has 1 unspecified atom stereocenters. The van der Waals surface area contributed by atoms with Gasteiger partial charge in [0.05, 0.1) is 17.2 Å². The fourth-order valence-electron chi connectivity index (χ4n) is 5.05. The lowest BCUT2D eigenvalue weighted by atomic mass is 10.0. The van der Waals surface area contributed by atoms with Crippen molar-refractivity contribution < 1.29 is 41.4 Å². The molecule has 0 bridgehead atoms. The number of hydrogen-bond acceptors (Lipinski definition) is 8. The molecule has 0 aliphatic rings. The monoisotopic (exact) mass is 719 g/mol. The quantitative estimate of drug-likeness (QED) is 0.0983. The van der Waals surface area contributed by atoms with Gasteiger partial charge in [0.25, 0.3) is 0 Å². The first-order valence-corrected chi connectivity index (χ1v) is 18.0. The van der Waals surface area contributed by atoms with Crippen LogP contribution in [0.15, 0.2) is 114 Å². The molecule has 2 atom stereocenters. The number of unbranched alkanes of at least 4 members (excludes halogenated alkanes) is 1. The van der Waals surface area contributed by atoms with Crippen molar-refractivity contribution in [3.8, 4) is 5.75 Å². The molecule has 0 aromatic heterocycles. The summed E-state index contributed by atoms with van der Waals surface area (Å²) in [5.41, 5.74) is 2.31. The number of hydrogen-bond donors (Lipinski definition) is 2. The lowest BCUT2D eigenvalue weighted by Crippen LogP contribution is -2.48. The maximum Gasteiger partial charge on any atom is 0.414 e. The number of esters is 1. The second-order valence-electron chi connectivity index (χ2n) is 11.5. The molecular formula is C38H42FN3O8S. The van der Waals surface area contributed by atoms with Gasteiger partial charge in [0.1, 0.15) is 18.4 Å². The molecule has 0 heterocycles. The molecule has 0 radical (unpaired) electrons. The molecule has 0 aliphatic heterocycles. The number of rotatable bonds is 18. The van der Waals surface area contributed by atoms with Gasteiger partial charge in [-0.05, 0) is 73.6 Å². The van der Waals surface area contributed by atoms with Gasteiger partial charge in [-0.1, -0.05) is 84.9 Å². The van der Waals surface area contributed by atoms with E-state index >= 15 is 0 Å². The van der Waals surface area contributed by atoms with Crippen molar-refractivity contribution in [3.05, 3.63) is 126 Å². The third kappa shape index (κ3) is 11.9. The van der Waals surface area contributed by atoms with Gasteiger partial charge in [0, 0.05) is 13.6 Å². The van der Waals surface area contributed by atoms with Crippen molar-refractivity contribution in [2.24, 2.45) is 0 Å². The molecule has 0 saturated heterocycles. The zero-order chi connectivity index (χ0) is 36.6. The van der Waals surface area contributed by atoms with E-state index < -0.39 is 40.4 Å². The van der Waals surface area contributed by atoms with Crippen molar-refractivity contribution in [1.82, 2.24) is 10.0 Å². The molecule has 0 fully saturated rings. The molecule has 0 spiro atoms. The number of aryl methyl sites for hydroxylation is 1. The minimum atomic E-state index is -4.13. The summed E-state index contributed by atoms with van der Waals surface area (Å²) < 4.78 is 59.4. The Morgan fingerprint density at radius 3 is 2.08 bits per heavy atom. The highest BCUT2D eigenvalue weighted by Crippen LogP contribution is 2.31. The van der Waals surface area contributed by atoms with Crippen LogP contribution >= 0.6 is 0 Å². The number of ether oxygens (including phenoxy) is 3. The van der Waals surface area contributed by atoms with Gasteiger partial charge in [-0.3, -0.25) is 9.69 Å². The first kappa shape index (κ1) is 38.5. The van der Waals surface area contributed by atoms with Crippen LogP contribution in [0.25, 0.3) is 0 Å². The van der Waals surface area contributed by atoms with Crippen LogP contribution in [0.2, 0.25) is 0 Å². The van der Waals surface area contributed by atoms with Crippen LogP contribution in [0.1, 0.15) is 36.5 Å². The van der Waals surface area contributed by atoms with Crippen LogP contribution in [-0.4, -0.2) is 59.0 Å². The molecule has 0 saturated carbocycles. The van der Waals surface area contributed by atoms with E-state index in [1.54, 1.807) is 42.5 Å². The molecule has 270 valence electrons. The van der Waals surface area contributed by atoms with Gasteiger partial charge in [0.2, 0.25) is 15.9 Å². The van der Waals surface area contributed by atoms with E-state index in [1.165, 1.54) is 49.9 Å². The average molecular weight is 720 g/mol. The zero-order valence-electron chi connectivity index (χ0n) is 28.5. The van der Waals surface area contributed by atoms with Crippen molar-refractivity contribution in [2.75, 3.05) is 25.1 Å². The van der Waals surface area contributed by atoms with Gasteiger partial charge in [-0.25, -0.2) is 18.0 Å². The first-order chi connectivity index (χ1) is 24.6. The Labute approximate surface area is 297 Å². The fraction of sp³-hybridized carbons (Fsp3) is 0.289. The molecular weight excluding hydrogens is 677 g/mol. The Morgan fingerprint density at radius 1 is 0.804 bits per heavy atom. The van der Waals surface area contributed by atoms with E-state index in [2.05, 4.69) is 10.0 Å². The van der Waals surface area contributed by atoms with Gasteiger partial charge < -0.3 is 19.5 Å². The van der Waals surface area contributed by atoms with Crippen LogP contribution in [0.5, 0.6) is 5.75 Å². The second-order valence-corrected chi connectivity index (χ2v) is 13.2. The topological polar surface area (TPSA) is 140 Å². The minimum Gasteiger partial charge on any atom is -0.461 e. The summed E-state index contributed by atoms with van der Waals surface area (Å²) in [5, 5.41) is 2.84. The molecule has 4 aromatic rings. The van der Waals surface area contributed by atoms with E-state index in [-0.39, 0.29) is 36.0 Å². The Balaban J connectivity index is 1.56. The number of amides is 2. The number of alkyl halides is 1. The highest BCUT2D eigenvalue weighted by molar-refractivity contribution is 7.89. The van der Waals surface area contributed by atoms with Crippen molar-refractivity contribution >= 4 is 33.7 Å². The molecule has 4 rings (SSSR count). The number of carbonyl (C=O) groups excluding carboxylic acids is 3. The van der Waals surface area contributed by atoms with E-state index in [1.807, 2.05) is 36.4 Å². The van der Waals surface area contributed by atoms with E-state index in [4.69, 9.17) is 14.2 Å². The van der Waals surface area contributed by atoms with Gasteiger partial charge in [-0.2, -0.15) is 9.11 Å². The van der Waals surface area contributed by atoms with Crippen LogP contribution in [-0.2, 0) is 48.5 Å². The molecule has 13 heteroatoms. The van der Waals surface area contributed by atoms with Crippen LogP contribution in [0, 0.1) is 0 Å². The smallest absolute Gasteiger partial charge is 0.414 e. The Morgan fingerprint density at radius 2 is 1.43 bits per heavy atom. The van der Waals surface area contributed by atoms with E-state index in [0.29, 0.717) is 18.5 Å². The highest BCUT2D eigenvalue weighted by Gasteiger charge is 2.28. The molecule has 2 N–H and O–H groups in total. The van der Waals surface area contributed by atoms with Crippen LogP contribution < -0.4 is 19.7 Å². The maximum absolute atomic E-state index is 14.8. The zero-order valence-corrected chi connectivity index (χ0v) is 29.3.